The third-order valence-electron chi connectivity index (χ3n) is 7.26. The van der Waals surface area contributed by atoms with Crippen molar-refractivity contribution in [2.75, 3.05) is 32.8 Å². The first kappa shape index (κ1) is 20.0. The zero-order chi connectivity index (χ0) is 18.6. The highest BCUT2D eigenvalue weighted by Crippen LogP contribution is 2.38. The Morgan fingerprint density at radius 2 is 1.41 bits per heavy atom. The van der Waals surface area contributed by atoms with Gasteiger partial charge in [0.05, 0.1) is 6.61 Å². The third kappa shape index (κ3) is 5.22. The fourth-order valence-electron chi connectivity index (χ4n) is 5.55. The largest absolute Gasteiger partial charge is 0.366 e. The van der Waals surface area contributed by atoms with Crippen LogP contribution in [0.25, 0.3) is 0 Å². The average molecular weight is 383 g/mol. The van der Waals surface area contributed by atoms with Gasteiger partial charge in [0.25, 0.3) is 0 Å². The molecule has 2 aliphatic carbocycles. The molecule has 4 aliphatic rings. The second-order valence-electron chi connectivity index (χ2n) is 9.12. The van der Waals surface area contributed by atoms with Crippen LogP contribution < -0.4 is 0 Å². The Hall–Kier alpha value is -0.240. The van der Waals surface area contributed by atoms with E-state index in [2.05, 4.69) is 9.80 Å². The second kappa shape index (κ2) is 9.51. The van der Waals surface area contributed by atoms with E-state index in [1.54, 1.807) is 0 Å². The molecule has 2 heterocycles. The van der Waals surface area contributed by atoms with E-state index >= 15 is 0 Å². The van der Waals surface area contributed by atoms with E-state index in [0.717, 1.165) is 26.2 Å². The number of aliphatic hydroxyl groups is 2. The average Bonchev–Trinajstić information content (AvgIpc) is 3.44. The summed E-state index contributed by atoms with van der Waals surface area (Å²) in [6, 6.07) is 0.336. The Bertz CT molecular complexity index is 445. The van der Waals surface area contributed by atoms with Crippen molar-refractivity contribution in [1.29, 1.82) is 0 Å². The first-order valence-corrected chi connectivity index (χ1v) is 11.3. The Morgan fingerprint density at radius 3 is 2.00 bits per heavy atom. The van der Waals surface area contributed by atoms with Crippen LogP contribution in [0.15, 0.2) is 0 Å². The molecule has 6 heteroatoms. The van der Waals surface area contributed by atoms with Gasteiger partial charge in [0.15, 0.2) is 6.29 Å². The van der Waals surface area contributed by atoms with Gasteiger partial charge in [-0.15, -0.1) is 0 Å². The van der Waals surface area contributed by atoms with Crippen LogP contribution in [0.1, 0.15) is 64.2 Å². The molecular formula is C21H38N2O4. The third-order valence-corrected chi connectivity index (χ3v) is 7.26. The minimum Gasteiger partial charge on any atom is -0.366 e. The Morgan fingerprint density at radius 1 is 0.852 bits per heavy atom. The highest BCUT2D eigenvalue weighted by molar-refractivity contribution is 4.96. The number of nitrogens with zero attached hydrogens (tertiary/aromatic N) is 2. The van der Waals surface area contributed by atoms with E-state index in [9.17, 15) is 10.2 Å². The predicted octanol–water partition coefficient (Wildman–Crippen LogP) is 2.14. The van der Waals surface area contributed by atoms with Gasteiger partial charge >= 0.3 is 0 Å². The summed E-state index contributed by atoms with van der Waals surface area (Å²) in [4.78, 5) is 4.56. The van der Waals surface area contributed by atoms with Gasteiger partial charge in [0, 0.05) is 32.2 Å². The summed E-state index contributed by atoms with van der Waals surface area (Å²) < 4.78 is 11.3. The molecule has 0 radical (unpaired) electrons. The molecule has 2 saturated heterocycles. The molecule has 4 unspecified atom stereocenters. The summed E-state index contributed by atoms with van der Waals surface area (Å²) in [5, 5.41) is 20.3. The van der Waals surface area contributed by atoms with Crippen molar-refractivity contribution in [2.24, 2.45) is 11.8 Å². The van der Waals surface area contributed by atoms with Crippen molar-refractivity contribution in [3.63, 3.8) is 0 Å². The monoisotopic (exact) mass is 382 g/mol. The van der Waals surface area contributed by atoms with Crippen LogP contribution in [0.2, 0.25) is 0 Å². The lowest BCUT2D eigenvalue weighted by atomic mass is 9.81. The molecule has 0 aromatic carbocycles. The number of piperazine rings is 1. The van der Waals surface area contributed by atoms with E-state index in [0.29, 0.717) is 24.5 Å². The zero-order valence-corrected chi connectivity index (χ0v) is 16.7. The molecule has 4 rings (SSSR count). The van der Waals surface area contributed by atoms with Crippen LogP contribution >= 0.6 is 0 Å². The number of rotatable bonds is 7. The Labute approximate surface area is 163 Å². The molecule has 0 spiro atoms. The SMILES string of the molecule is OC1OC1C(C1CCCCC1)N1CCN(C(O)OCC2CCCCC2)CC1. The highest BCUT2D eigenvalue weighted by atomic mass is 16.7. The number of hydrogen-bond acceptors (Lipinski definition) is 6. The Kier molecular flexibility index (Phi) is 7.06. The van der Waals surface area contributed by atoms with Crippen molar-refractivity contribution in [2.45, 2.75) is 89.1 Å². The Balaban J connectivity index is 1.24. The topological polar surface area (TPSA) is 68.7 Å². The minimum atomic E-state index is -0.773. The first-order valence-electron chi connectivity index (χ1n) is 11.3. The predicted molar refractivity (Wildman–Crippen MR) is 103 cm³/mol. The summed E-state index contributed by atoms with van der Waals surface area (Å²) in [5.41, 5.74) is 0. The first-order chi connectivity index (χ1) is 13.2. The van der Waals surface area contributed by atoms with Crippen molar-refractivity contribution in [3.8, 4) is 0 Å². The summed E-state index contributed by atoms with van der Waals surface area (Å²) >= 11 is 0. The maximum absolute atomic E-state index is 10.5. The van der Waals surface area contributed by atoms with Gasteiger partial charge < -0.3 is 19.7 Å². The second-order valence-corrected chi connectivity index (χ2v) is 9.12. The van der Waals surface area contributed by atoms with E-state index in [-0.39, 0.29) is 6.10 Å². The van der Waals surface area contributed by atoms with E-state index in [1.807, 2.05) is 0 Å². The molecule has 0 amide bonds. The smallest absolute Gasteiger partial charge is 0.216 e. The summed E-state index contributed by atoms with van der Waals surface area (Å²) in [6.45, 7) is 4.15. The van der Waals surface area contributed by atoms with Crippen molar-refractivity contribution in [1.82, 2.24) is 9.80 Å². The molecule has 4 fully saturated rings. The molecule has 6 nitrogen and oxygen atoms in total. The molecule has 0 bridgehead atoms. The summed E-state index contributed by atoms with van der Waals surface area (Å²) in [7, 11) is 0. The lowest BCUT2D eigenvalue weighted by Gasteiger charge is -2.43. The van der Waals surface area contributed by atoms with Crippen LogP contribution in [0, 0.1) is 11.8 Å². The van der Waals surface area contributed by atoms with Crippen molar-refractivity contribution >= 4 is 0 Å². The number of epoxide rings is 1. The number of ether oxygens (including phenoxy) is 2. The molecule has 2 N–H and O–H groups in total. The van der Waals surface area contributed by atoms with Gasteiger partial charge in [-0.1, -0.05) is 38.5 Å². The van der Waals surface area contributed by atoms with Crippen molar-refractivity contribution in [3.05, 3.63) is 0 Å². The molecule has 4 atom stereocenters. The molecule has 156 valence electrons. The van der Waals surface area contributed by atoms with Crippen LogP contribution in [0.4, 0.5) is 0 Å². The zero-order valence-electron chi connectivity index (χ0n) is 16.7. The molecule has 27 heavy (non-hydrogen) atoms. The lowest BCUT2D eigenvalue weighted by Crippen LogP contribution is -2.57. The fourth-order valence-corrected chi connectivity index (χ4v) is 5.55. The van der Waals surface area contributed by atoms with Gasteiger partial charge in [-0.3, -0.25) is 9.80 Å². The highest BCUT2D eigenvalue weighted by Gasteiger charge is 2.49. The lowest BCUT2D eigenvalue weighted by molar-refractivity contribution is -0.209. The minimum absolute atomic E-state index is 0.00729. The normalized spacial score (nSPS) is 34.4. The van der Waals surface area contributed by atoms with E-state index in [4.69, 9.17) is 9.47 Å². The summed E-state index contributed by atoms with van der Waals surface area (Å²) in [5.74, 6) is 1.26. The van der Waals surface area contributed by atoms with Gasteiger partial charge in [0.1, 0.15) is 6.10 Å². The number of aliphatic hydroxyl groups excluding tert-OH is 2. The summed E-state index contributed by atoms with van der Waals surface area (Å²) in [6.07, 6.45) is 11.6. The molecule has 2 saturated carbocycles. The van der Waals surface area contributed by atoms with Gasteiger partial charge in [-0.25, -0.2) is 0 Å². The van der Waals surface area contributed by atoms with Gasteiger partial charge in [0.2, 0.25) is 6.41 Å². The van der Waals surface area contributed by atoms with Crippen LogP contribution in [-0.2, 0) is 9.47 Å². The van der Waals surface area contributed by atoms with E-state index < -0.39 is 12.7 Å². The maximum Gasteiger partial charge on any atom is 0.216 e. The molecule has 2 aliphatic heterocycles. The molecule has 0 aromatic heterocycles. The standard InChI is InChI=1S/C21H38N2O4/c24-20-19(27-20)18(17-9-5-2-6-10-17)22-11-13-23(14-12-22)21(25)26-15-16-7-3-1-4-8-16/h16-21,24-25H,1-15H2. The molecular weight excluding hydrogens is 344 g/mol. The number of hydrogen-bond donors (Lipinski definition) is 2. The quantitative estimate of drug-likeness (QED) is 0.519. The van der Waals surface area contributed by atoms with Crippen LogP contribution in [-0.4, -0.2) is 77.6 Å². The van der Waals surface area contributed by atoms with Gasteiger partial charge in [-0.2, -0.15) is 0 Å². The van der Waals surface area contributed by atoms with Crippen molar-refractivity contribution < 1.29 is 19.7 Å². The van der Waals surface area contributed by atoms with E-state index in [1.165, 1.54) is 64.2 Å². The maximum atomic E-state index is 10.5. The van der Waals surface area contributed by atoms with Crippen LogP contribution in [0.5, 0.6) is 0 Å². The molecule has 0 aromatic rings. The van der Waals surface area contributed by atoms with Crippen LogP contribution in [0.3, 0.4) is 0 Å². The van der Waals surface area contributed by atoms with Gasteiger partial charge in [-0.05, 0) is 37.5 Å². The fraction of sp³-hybridized carbons (Fsp3) is 1.00.